The van der Waals surface area contributed by atoms with Crippen LogP contribution >= 0.6 is 11.6 Å². The van der Waals surface area contributed by atoms with Crippen LogP contribution in [0.2, 0.25) is 5.02 Å². The molecule has 0 aromatic heterocycles. The fourth-order valence-corrected chi connectivity index (χ4v) is 2.43. The molecule has 0 unspecified atom stereocenters. The molecule has 1 aromatic rings. The molecule has 3 nitrogen and oxygen atoms in total. The second-order valence-electron chi connectivity index (χ2n) is 5.08. The van der Waals surface area contributed by atoms with Crippen LogP contribution in [0.25, 0.3) is 0 Å². The number of carbonyl (C=O) groups is 1. The molecule has 1 heterocycles. The minimum absolute atomic E-state index is 0.0110. The number of nitrogens with zero attached hydrogens (tertiary/aromatic N) is 1. The Kier molecular flexibility index (Phi) is 3.15. The average Bonchev–Trinajstić information content (AvgIpc) is 2.26. The van der Waals surface area contributed by atoms with Gasteiger partial charge in [-0.25, -0.2) is 0 Å². The Bertz CT molecular complexity index is 451. The van der Waals surface area contributed by atoms with Crippen LogP contribution in [0.1, 0.15) is 25.0 Å². The first-order valence-electron chi connectivity index (χ1n) is 5.74. The fourth-order valence-electron chi connectivity index (χ4n) is 2.14. The first kappa shape index (κ1) is 12.4. The molecule has 0 aliphatic carbocycles. The summed E-state index contributed by atoms with van der Waals surface area (Å²) in [6, 6.07) is 5.83. The molecule has 92 valence electrons. The van der Waals surface area contributed by atoms with E-state index >= 15 is 0 Å². The van der Waals surface area contributed by atoms with Crippen LogP contribution in [0.5, 0.6) is 0 Å². The molecular weight excluding hydrogens is 236 g/mol. The van der Waals surface area contributed by atoms with Crippen molar-refractivity contribution in [3.63, 3.8) is 0 Å². The van der Waals surface area contributed by atoms with Gasteiger partial charge in [0.15, 0.2) is 0 Å². The summed E-state index contributed by atoms with van der Waals surface area (Å²) in [6.45, 7) is 4.77. The van der Waals surface area contributed by atoms with Crippen molar-refractivity contribution in [2.45, 2.75) is 32.4 Å². The van der Waals surface area contributed by atoms with Crippen molar-refractivity contribution in [3.05, 3.63) is 34.3 Å². The summed E-state index contributed by atoms with van der Waals surface area (Å²) < 4.78 is 0. The molecule has 0 bridgehead atoms. The van der Waals surface area contributed by atoms with Crippen molar-refractivity contribution < 1.29 is 4.79 Å². The maximum atomic E-state index is 12.1. The Hall–Kier alpha value is -1.06. The zero-order chi connectivity index (χ0) is 12.6. The predicted octanol–water partition coefficient (Wildman–Crippen LogP) is 1.96. The lowest BCUT2D eigenvalue weighted by atomic mass is 9.97. The summed E-state index contributed by atoms with van der Waals surface area (Å²) in [7, 11) is 0. The summed E-state index contributed by atoms with van der Waals surface area (Å²) in [5.74, 6) is -0.0110. The molecule has 1 aromatic carbocycles. The van der Waals surface area contributed by atoms with E-state index in [4.69, 9.17) is 17.3 Å². The highest BCUT2D eigenvalue weighted by molar-refractivity contribution is 6.31. The van der Waals surface area contributed by atoms with Crippen molar-refractivity contribution >= 4 is 17.5 Å². The molecule has 17 heavy (non-hydrogen) atoms. The summed E-state index contributed by atoms with van der Waals surface area (Å²) in [4.78, 5) is 13.9. The number of nitrogens with two attached hydrogens (primary N) is 1. The first-order chi connectivity index (χ1) is 7.89. The van der Waals surface area contributed by atoms with E-state index in [-0.39, 0.29) is 5.91 Å². The molecule has 2 rings (SSSR count). The highest BCUT2D eigenvalue weighted by Gasteiger charge is 2.30. The Morgan fingerprint density at radius 2 is 2.18 bits per heavy atom. The van der Waals surface area contributed by atoms with Gasteiger partial charge in [-0.2, -0.15) is 0 Å². The number of hydrogen-bond donors (Lipinski definition) is 1. The van der Waals surface area contributed by atoms with Gasteiger partial charge in [-0.05, 0) is 37.5 Å². The van der Waals surface area contributed by atoms with Crippen molar-refractivity contribution in [3.8, 4) is 0 Å². The van der Waals surface area contributed by atoms with Gasteiger partial charge in [0.05, 0.1) is 5.54 Å². The normalized spacial score (nSPS) is 15.6. The molecule has 4 heteroatoms. The second-order valence-corrected chi connectivity index (χ2v) is 5.48. The molecule has 2 N–H and O–H groups in total. The Morgan fingerprint density at radius 1 is 1.47 bits per heavy atom. The number of halogens is 1. The van der Waals surface area contributed by atoms with Gasteiger partial charge < -0.3 is 10.6 Å². The maximum Gasteiger partial charge on any atom is 0.242 e. The first-order valence-corrected chi connectivity index (χ1v) is 6.12. The van der Waals surface area contributed by atoms with E-state index in [1.54, 1.807) is 18.7 Å². The minimum Gasteiger partial charge on any atom is -0.336 e. The highest BCUT2D eigenvalue weighted by atomic mass is 35.5. The van der Waals surface area contributed by atoms with Crippen LogP contribution in [-0.2, 0) is 17.8 Å². The number of fused-ring (bicyclic) bond motifs is 1. The quantitative estimate of drug-likeness (QED) is 0.831. The fraction of sp³-hybridized carbons (Fsp3) is 0.462. The van der Waals surface area contributed by atoms with Gasteiger partial charge in [0.2, 0.25) is 5.91 Å². The lowest BCUT2D eigenvalue weighted by molar-refractivity contribution is -0.136. The Labute approximate surface area is 107 Å². The molecule has 1 aliphatic heterocycles. The van der Waals surface area contributed by atoms with Crippen LogP contribution in [0.4, 0.5) is 0 Å². The molecule has 0 fully saturated rings. The topological polar surface area (TPSA) is 46.3 Å². The van der Waals surface area contributed by atoms with Crippen molar-refractivity contribution in [2.24, 2.45) is 5.73 Å². The van der Waals surface area contributed by atoms with E-state index in [0.717, 1.165) is 22.6 Å². The maximum absolute atomic E-state index is 12.1. The molecule has 0 saturated carbocycles. The smallest absolute Gasteiger partial charge is 0.242 e. The van der Waals surface area contributed by atoms with E-state index in [2.05, 4.69) is 0 Å². The average molecular weight is 253 g/mol. The summed E-state index contributed by atoms with van der Waals surface area (Å²) in [5.41, 5.74) is 7.32. The largest absolute Gasteiger partial charge is 0.336 e. The van der Waals surface area contributed by atoms with Gasteiger partial charge in [0, 0.05) is 18.1 Å². The number of hydrogen-bond acceptors (Lipinski definition) is 2. The summed E-state index contributed by atoms with van der Waals surface area (Å²) in [6.07, 6.45) is 0.802. The van der Waals surface area contributed by atoms with Gasteiger partial charge in [0.1, 0.15) is 0 Å². The van der Waals surface area contributed by atoms with E-state index in [1.165, 1.54) is 0 Å². The molecule has 0 atom stereocenters. The number of carbonyl (C=O) groups excluding carboxylic acids is 1. The standard InChI is InChI=1S/C13H17ClN2O/c1-13(2,15)12(17)16-7-6-10-9(8-16)4-3-5-11(10)14/h3-5H,6-8,15H2,1-2H3. The molecule has 1 aliphatic rings. The van der Waals surface area contributed by atoms with Crippen LogP contribution in [0.3, 0.4) is 0 Å². The third kappa shape index (κ3) is 2.45. The van der Waals surface area contributed by atoms with Gasteiger partial charge in [0.25, 0.3) is 0 Å². The van der Waals surface area contributed by atoms with Crippen LogP contribution < -0.4 is 5.73 Å². The zero-order valence-corrected chi connectivity index (χ0v) is 10.9. The summed E-state index contributed by atoms with van der Waals surface area (Å²) in [5, 5.41) is 0.793. The van der Waals surface area contributed by atoms with Crippen molar-refractivity contribution in [2.75, 3.05) is 6.54 Å². The molecule has 0 spiro atoms. The predicted molar refractivity (Wildman–Crippen MR) is 68.8 cm³/mol. The summed E-state index contributed by atoms with van der Waals surface area (Å²) >= 11 is 6.13. The monoisotopic (exact) mass is 252 g/mol. The Balaban J connectivity index is 2.23. The van der Waals surface area contributed by atoms with Crippen molar-refractivity contribution in [1.82, 2.24) is 4.90 Å². The van der Waals surface area contributed by atoms with E-state index in [1.807, 2.05) is 18.2 Å². The third-order valence-electron chi connectivity index (χ3n) is 3.05. The molecule has 0 saturated heterocycles. The SMILES string of the molecule is CC(C)(N)C(=O)N1CCc2c(Cl)cccc2C1. The highest BCUT2D eigenvalue weighted by Crippen LogP contribution is 2.26. The van der Waals surface area contributed by atoms with Gasteiger partial charge >= 0.3 is 0 Å². The molecule has 0 radical (unpaired) electrons. The van der Waals surface area contributed by atoms with Gasteiger partial charge in [-0.15, -0.1) is 0 Å². The lowest BCUT2D eigenvalue weighted by Crippen LogP contribution is -2.52. The van der Waals surface area contributed by atoms with Gasteiger partial charge in [-0.3, -0.25) is 4.79 Å². The third-order valence-corrected chi connectivity index (χ3v) is 3.40. The van der Waals surface area contributed by atoms with Gasteiger partial charge in [-0.1, -0.05) is 23.7 Å². The zero-order valence-electron chi connectivity index (χ0n) is 10.2. The lowest BCUT2D eigenvalue weighted by Gasteiger charge is -2.33. The Morgan fingerprint density at radius 3 is 2.82 bits per heavy atom. The number of rotatable bonds is 1. The number of benzene rings is 1. The van der Waals surface area contributed by atoms with E-state index in [0.29, 0.717) is 13.1 Å². The van der Waals surface area contributed by atoms with Crippen molar-refractivity contribution in [1.29, 1.82) is 0 Å². The second kappa shape index (κ2) is 4.31. The minimum atomic E-state index is -0.809. The van der Waals surface area contributed by atoms with E-state index in [9.17, 15) is 4.79 Å². The van der Waals surface area contributed by atoms with Crippen LogP contribution in [0, 0.1) is 0 Å². The van der Waals surface area contributed by atoms with E-state index < -0.39 is 5.54 Å². The van der Waals surface area contributed by atoms with Crippen LogP contribution in [-0.4, -0.2) is 22.9 Å². The number of amides is 1. The molecular formula is C13H17ClN2O. The van der Waals surface area contributed by atoms with Crippen LogP contribution in [0.15, 0.2) is 18.2 Å². The molecule has 1 amide bonds.